The molecule has 1 amide bonds. The zero-order valence-electron chi connectivity index (χ0n) is 14.8. The molecule has 25 heavy (non-hydrogen) atoms. The molecule has 1 aliphatic heterocycles. The van der Waals surface area contributed by atoms with Crippen LogP contribution in [0.15, 0.2) is 35.1 Å². The van der Waals surface area contributed by atoms with E-state index >= 15 is 0 Å². The molecule has 1 aromatic heterocycles. The zero-order chi connectivity index (χ0) is 18.0. The standard InChI is InChI=1S/C19H23N3O3/c1-12(2)9-14-11-16(21-19(24)20-14)18(23)22-8-7-17(22)13-5-4-6-15(10-13)25-3/h4-6,10-12,17H,7-9H2,1-3H3,(H,20,21,24). The minimum atomic E-state index is -0.472. The van der Waals surface area contributed by atoms with Crippen molar-refractivity contribution >= 4 is 5.91 Å². The molecule has 2 aromatic rings. The van der Waals surface area contributed by atoms with Gasteiger partial charge < -0.3 is 14.6 Å². The molecule has 0 spiro atoms. The summed E-state index contributed by atoms with van der Waals surface area (Å²) >= 11 is 0. The SMILES string of the molecule is COc1cccc(C2CCN2C(=O)c2cc(CC(C)C)[nH]c(=O)n2)c1. The Morgan fingerprint density at radius 3 is 2.84 bits per heavy atom. The molecule has 1 unspecified atom stereocenters. The average Bonchev–Trinajstić information content (AvgIpc) is 2.52. The first-order valence-electron chi connectivity index (χ1n) is 8.53. The second kappa shape index (κ2) is 7.09. The monoisotopic (exact) mass is 341 g/mol. The van der Waals surface area contributed by atoms with Crippen molar-refractivity contribution < 1.29 is 9.53 Å². The number of carbonyl (C=O) groups excluding carboxylic acids is 1. The predicted molar refractivity (Wildman–Crippen MR) is 94.8 cm³/mol. The van der Waals surface area contributed by atoms with Gasteiger partial charge in [-0.3, -0.25) is 4.79 Å². The summed E-state index contributed by atoms with van der Waals surface area (Å²) in [5.41, 5.74) is 1.52. The van der Waals surface area contributed by atoms with Gasteiger partial charge in [0.2, 0.25) is 0 Å². The Bertz CT molecular complexity index is 829. The molecule has 1 saturated heterocycles. The molecule has 6 heteroatoms. The van der Waals surface area contributed by atoms with Gasteiger partial charge in [-0.1, -0.05) is 26.0 Å². The quantitative estimate of drug-likeness (QED) is 0.907. The van der Waals surface area contributed by atoms with E-state index in [0.29, 0.717) is 18.9 Å². The van der Waals surface area contributed by atoms with E-state index in [1.165, 1.54) is 0 Å². The highest BCUT2D eigenvalue weighted by Gasteiger charge is 2.34. The van der Waals surface area contributed by atoms with Gasteiger partial charge in [0.05, 0.1) is 13.2 Å². The van der Waals surface area contributed by atoms with E-state index in [4.69, 9.17) is 4.74 Å². The number of carbonyl (C=O) groups is 1. The lowest BCUT2D eigenvalue weighted by molar-refractivity contribution is 0.0453. The topological polar surface area (TPSA) is 75.3 Å². The highest BCUT2D eigenvalue weighted by atomic mass is 16.5. The third-order valence-electron chi connectivity index (χ3n) is 4.41. The Morgan fingerprint density at radius 1 is 1.40 bits per heavy atom. The summed E-state index contributed by atoms with van der Waals surface area (Å²) in [5, 5.41) is 0. The summed E-state index contributed by atoms with van der Waals surface area (Å²) < 4.78 is 5.26. The van der Waals surface area contributed by atoms with Crippen LogP contribution >= 0.6 is 0 Å². The maximum absolute atomic E-state index is 12.8. The van der Waals surface area contributed by atoms with Crippen LogP contribution in [0, 0.1) is 5.92 Å². The van der Waals surface area contributed by atoms with Gasteiger partial charge in [0.25, 0.3) is 5.91 Å². The van der Waals surface area contributed by atoms with Crippen molar-refractivity contribution in [3.63, 3.8) is 0 Å². The third-order valence-corrected chi connectivity index (χ3v) is 4.41. The van der Waals surface area contributed by atoms with Gasteiger partial charge in [-0.05, 0) is 42.5 Å². The van der Waals surface area contributed by atoms with Crippen molar-refractivity contribution in [2.45, 2.75) is 32.7 Å². The van der Waals surface area contributed by atoms with E-state index in [1.807, 2.05) is 24.3 Å². The maximum atomic E-state index is 12.8. The first-order chi connectivity index (χ1) is 12.0. The number of nitrogens with one attached hydrogen (secondary N) is 1. The second-order valence-corrected chi connectivity index (χ2v) is 6.77. The van der Waals surface area contributed by atoms with E-state index in [9.17, 15) is 9.59 Å². The molecule has 1 N–H and O–H groups in total. The van der Waals surface area contributed by atoms with E-state index in [2.05, 4.69) is 23.8 Å². The van der Waals surface area contributed by atoms with E-state index in [1.54, 1.807) is 18.1 Å². The molecule has 0 aliphatic carbocycles. The fraction of sp³-hybridized carbons (Fsp3) is 0.421. The molecule has 0 radical (unpaired) electrons. The maximum Gasteiger partial charge on any atom is 0.345 e. The van der Waals surface area contributed by atoms with Crippen molar-refractivity contribution in [1.82, 2.24) is 14.9 Å². The van der Waals surface area contributed by atoms with Crippen molar-refractivity contribution in [3.8, 4) is 5.75 Å². The first kappa shape index (κ1) is 17.2. The Hall–Kier alpha value is -2.63. The number of benzene rings is 1. The molecule has 132 valence electrons. The number of rotatable bonds is 5. The van der Waals surface area contributed by atoms with Crippen molar-refractivity contribution in [2.75, 3.05) is 13.7 Å². The average molecular weight is 341 g/mol. The van der Waals surface area contributed by atoms with Gasteiger partial charge >= 0.3 is 5.69 Å². The second-order valence-electron chi connectivity index (χ2n) is 6.77. The normalized spacial score (nSPS) is 16.6. The molecule has 1 aliphatic rings. The van der Waals surface area contributed by atoms with E-state index < -0.39 is 5.69 Å². The molecular formula is C19H23N3O3. The third kappa shape index (κ3) is 3.73. The molecule has 1 fully saturated rings. The molecule has 3 rings (SSSR count). The molecule has 1 atom stereocenters. The van der Waals surface area contributed by atoms with Crippen LogP contribution in [0.4, 0.5) is 0 Å². The largest absolute Gasteiger partial charge is 0.497 e. The highest BCUT2D eigenvalue weighted by Crippen LogP contribution is 2.35. The van der Waals surface area contributed by atoms with Crippen LogP contribution in [0.3, 0.4) is 0 Å². The number of hydrogen-bond acceptors (Lipinski definition) is 4. The Kier molecular flexibility index (Phi) is 4.88. The van der Waals surface area contributed by atoms with Crippen molar-refractivity contribution in [2.24, 2.45) is 5.92 Å². The van der Waals surface area contributed by atoms with Crippen LogP contribution in [0.1, 0.15) is 48.1 Å². The van der Waals surface area contributed by atoms with Crippen molar-refractivity contribution in [1.29, 1.82) is 0 Å². The van der Waals surface area contributed by atoms with Crippen LogP contribution in [0.25, 0.3) is 0 Å². The number of methoxy groups -OCH3 is 1. The number of likely N-dealkylation sites (tertiary alicyclic amines) is 1. The number of amides is 1. The van der Waals surface area contributed by atoms with Crippen LogP contribution in [0.5, 0.6) is 5.75 Å². The van der Waals surface area contributed by atoms with E-state index in [-0.39, 0.29) is 17.6 Å². The van der Waals surface area contributed by atoms with E-state index in [0.717, 1.165) is 23.4 Å². The lowest BCUT2D eigenvalue weighted by Gasteiger charge is -2.41. The number of aromatic nitrogens is 2. The van der Waals surface area contributed by atoms with Crippen LogP contribution in [0.2, 0.25) is 0 Å². The lowest BCUT2D eigenvalue weighted by Crippen LogP contribution is -2.45. The van der Waals surface area contributed by atoms with Gasteiger partial charge in [0.15, 0.2) is 0 Å². The molecule has 2 heterocycles. The summed E-state index contributed by atoms with van der Waals surface area (Å²) in [5.74, 6) is 0.954. The minimum Gasteiger partial charge on any atom is -0.497 e. The van der Waals surface area contributed by atoms with Crippen LogP contribution in [-0.4, -0.2) is 34.4 Å². The summed E-state index contributed by atoms with van der Waals surface area (Å²) in [4.78, 5) is 33.0. The summed E-state index contributed by atoms with van der Waals surface area (Å²) in [6, 6.07) is 9.43. The van der Waals surface area contributed by atoms with Gasteiger partial charge in [-0.25, -0.2) is 4.79 Å². The number of nitrogens with zero attached hydrogens (tertiary/aromatic N) is 2. The number of ether oxygens (including phenoxy) is 1. The number of hydrogen-bond donors (Lipinski definition) is 1. The Morgan fingerprint density at radius 2 is 2.20 bits per heavy atom. The fourth-order valence-electron chi connectivity index (χ4n) is 3.14. The molecule has 0 saturated carbocycles. The zero-order valence-corrected chi connectivity index (χ0v) is 14.8. The van der Waals surface area contributed by atoms with Crippen LogP contribution in [-0.2, 0) is 6.42 Å². The molecule has 0 bridgehead atoms. The summed E-state index contributed by atoms with van der Waals surface area (Å²) in [6.45, 7) is 4.79. The molecule has 6 nitrogen and oxygen atoms in total. The van der Waals surface area contributed by atoms with Crippen LogP contribution < -0.4 is 10.4 Å². The van der Waals surface area contributed by atoms with Gasteiger partial charge in [0.1, 0.15) is 11.4 Å². The van der Waals surface area contributed by atoms with Gasteiger partial charge in [0, 0.05) is 12.2 Å². The van der Waals surface area contributed by atoms with Gasteiger partial charge in [-0.15, -0.1) is 0 Å². The molecular weight excluding hydrogens is 318 g/mol. The lowest BCUT2D eigenvalue weighted by atomic mass is 9.94. The first-order valence-corrected chi connectivity index (χ1v) is 8.53. The minimum absolute atomic E-state index is 0.00256. The number of H-pyrrole nitrogens is 1. The van der Waals surface area contributed by atoms with Crippen molar-refractivity contribution in [3.05, 3.63) is 57.8 Å². The molecule has 1 aromatic carbocycles. The number of aromatic amines is 1. The van der Waals surface area contributed by atoms with Gasteiger partial charge in [-0.2, -0.15) is 4.98 Å². The Balaban J connectivity index is 1.83. The highest BCUT2D eigenvalue weighted by molar-refractivity contribution is 5.93. The summed E-state index contributed by atoms with van der Waals surface area (Å²) in [7, 11) is 1.62. The fourth-order valence-corrected chi connectivity index (χ4v) is 3.14. The predicted octanol–water partition coefficient (Wildman–Crippen LogP) is 2.56. The smallest absolute Gasteiger partial charge is 0.345 e. The Labute approximate surface area is 146 Å². The summed E-state index contributed by atoms with van der Waals surface area (Å²) in [6.07, 6.45) is 1.60.